The average molecular weight is 276 g/mol. The Morgan fingerprint density at radius 1 is 0.714 bits per heavy atom. The minimum Gasteiger partial charge on any atom is -0.0683 e. The number of hydrogen-bond acceptors (Lipinski definition) is 0. The number of aryl methyl sites for hydroxylation is 2. The van der Waals surface area contributed by atoms with Gasteiger partial charge in [0.05, 0.1) is 0 Å². The van der Waals surface area contributed by atoms with Crippen molar-refractivity contribution in [1.29, 1.82) is 0 Å². The van der Waals surface area contributed by atoms with Gasteiger partial charge in [-0.3, -0.25) is 0 Å². The van der Waals surface area contributed by atoms with Gasteiger partial charge in [-0.15, -0.1) is 0 Å². The van der Waals surface area contributed by atoms with Crippen molar-refractivity contribution in [3.63, 3.8) is 0 Å². The first-order valence-electron chi connectivity index (χ1n) is 7.47. The lowest BCUT2D eigenvalue weighted by molar-refractivity contribution is 1.35. The second kappa shape index (κ2) is 6.58. The number of benzene rings is 2. The van der Waals surface area contributed by atoms with Gasteiger partial charge in [-0.2, -0.15) is 0 Å². The maximum Gasteiger partial charge on any atom is -0.0168 e. The molecule has 2 aromatic carbocycles. The van der Waals surface area contributed by atoms with Gasteiger partial charge in [0.1, 0.15) is 0 Å². The van der Waals surface area contributed by atoms with E-state index in [0.717, 1.165) is 0 Å². The van der Waals surface area contributed by atoms with Crippen molar-refractivity contribution >= 4 is 11.6 Å². The fourth-order valence-corrected chi connectivity index (χ4v) is 2.62. The maximum atomic E-state index is 2.27. The fourth-order valence-electron chi connectivity index (χ4n) is 2.62. The zero-order chi connectivity index (χ0) is 15.4. The highest BCUT2D eigenvalue weighted by atomic mass is 14.1. The normalized spacial score (nSPS) is 11.4. The Hall–Kier alpha value is -2.08. The molecule has 0 atom stereocenters. The van der Waals surface area contributed by atoms with Crippen molar-refractivity contribution in [2.45, 2.75) is 34.6 Å². The SMILES string of the molecule is CC(C)=C(/C(C)=C/c1ccc(C)cc1)c1ccc(C)cc1. The second-order valence-corrected chi connectivity index (χ2v) is 5.98. The highest BCUT2D eigenvalue weighted by Gasteiger charge is 2.06. The third kappa shape index (κ3) is 3.95. The maximum absolute atomic E-state index is 2.27. The first-order valence-corrected chi connectivity index (χ1v) is 7.47. The molecule has 0 spiro atoms. The van der Waals surface area contributed by atoms with Crippen LogP contribution in [0.3, 0.4) is 0 Å². The molecule has 0 fully saturated rings. The van der Waals surface area contributed by atoms with Crippen molar-refractivity contribution in [2.24, 2.45) is 0 Å². The summed E-state index contributed by atoms with van der Waals surface area (Å²) in [4.78, 5) is 0. The molecule has 0 saturated carbocycles. The zero-order valence-corrected chi connectivity index (χ0v) is 13.7. The zero-order valence-electron chi connectivity index (χ0n) is 13.7. The molecular formula is C21H24. The van der Waals surface area contributed by atoms with Gasteiger partial charge in [0, 0.05) is 0 Å². The summed E-state index contributed by atoms with van der Waals surface area (Å²) in [6, 6.07) is 17.5. The fraction of sp³-hybridized carbons (Fsp3) is 0.238. The van der Waals surface area contributed by atoms with Gasteiger partial charge in [0.2, 0.25) is 0 Å². The summed E-state index contributed by atoms with van der Waals surface area (Å²) in [5, 5.41) is 0. The molecule has 0 saturated heterocycles. The predicted octanol–water partition coefficient (Wildman–Crippen LogP) is 6.20. The van der Waals surface area contributed by atoms with Crippen LogP contribution in [-0.2, 0) is 0 Å². The summed E-state index contributed by atoms with van der Waals surface area (Å²) < 4.78 is 0. The minimum absolute atomic E-state index is 1.25. The lowest BCUT2D eigenvalue weighted by Gasteiger charge is -2.12. The van der Waals surface area contributed by atoms with E-state index in [4.69, 9.17) is 0 Å². The van der Waals surface area contributed by atoms with Crippen molar-refractivity contribution < 1.29 is 0 Å². The Kier molecular flexibility index (Phi) is 4.80. The van der Waals surface area contributed by atoms with E-state index in [1.807, 2.05) is 0 Å². The molecule has 2 aromatic rings. The molecule has 0 aromatic heterocycles. The Labute approximate surface area is 128 Å². The highest BCUT2D eigenvalue weighted by molar-refractivity contribution is 5.85. The van der Waals surface area contributed by atoms with Gasteiger partial charge in [-0.25, -0.2) is 0 Å². The summed E-state index contributed by atoms with van der Waals surface area (Å²) in [5.74, 6) is 0. The van der Waals surface area contributed by atoms with Crippen LogP contribution in [0, 0.1) is 13.8 Å². The molecule has 0 amide bonds. The monoisotopic (exact) mass is 276 g/mol. The van der Waals surface area contributed by atoms with Gasteiger partial charge in [0.15, 0.2) is 0 Å². The number of hydrogen-bond donors (Lipinski definition) is 0. The van der Waals surface area contributed by atoms with Crippen LogP contribution in [0.2, 0.25) is 0 Å². The molecule has 21 heavy (non-hydrogen) atoms. The van der Waals surface area contributed by atoms with Gasteiger partial charge in [-0.05, 0) is 56.9 Å². The molecule has 0 nitrogen and oxygen atoms in total. The van der Waals surface area contributed by atoms with E-state index in [1.54, 1.807) is 0 Å². The highest BCUT2D eigenvalue weighted by Crippen LogP contribution is 2.28. The van der Waals surface area contributed by atoms with Crippen LogP contribution < -0.4 is 0 Å². The lowest BCUT2D eigenvalue weighted by atomic mass is 9.93. The Morgan fingerprint density at radius 2 is 1.19 bits per heavy atom. The third-order valence-corrected chi connectivity index (χ3v) is 3.70. The molecule has 0 heteroatoms. The van der Waals surface area contributed by atoms with Gasteiger partial charge < -0.3 is 0 Å². The molecule has 0 bridgehead atoms. The van der Waals surface area contributed by atoms with Crippen molar-refractivity contribution in [1.82, 2.24) is 0 Å². The van der Waals surface area contributed by atoms with Crippen molar-refractivity contribution in [2.75, 3.05) is 0 Å². The number of rotatable bonds is 3. The van der Waals surface area contributed by atoms with Crippen molar-refractivity contribution in [3.05, 3.63) is 81.9 Å². The first-order chi connectivity index (χ1) is 9.97. The molecular weight excluding hydrogens is 252 g/mol. The third-order valence-electron chi connectivity index (χ3n) is 3.70. The van der Waals surface area contributed by atoms with Crippen LogP contribution in [0.1, 0.15) is 43.0 Å². The Bertz CT molecular complexity index is 661. The molecule has 0 radical (unpaired) electrons. The van der Waals surface area contributed by atoms with E-state index >= 15 is 0 Å². The van der Waals surface area contributed by atoms with E-state index in [2.05, 4.69) is 89.2 Å². The molecule has 2 rings (SSSR count). The van der Waals surface area contributed by atoms with E-state index in [1.165, 1.54) is 39.0 Å². The van der Waals surface area contributed by atoms with Crippen LogP contribution in [-0.4, -0.2) is 0 Å². The van der Waals surface area contributed by atoms with Crippen LogP contribution in [0.5, 0.6) is 0 Å². The standard InChI is InChI=1S/C21H24/c1-15(2)21(20-12-8-17(4)9-13-20)18(5)14-19-10-6-16(3)7-11-19/h6-14H,1-5H3/b18-14+. The summed E-state index contributed by atoms with van der Waals surface area (Å²) in [6.07, 6.45) is 2.27. The quantitative estimate of drug-likeness (QED) is 0.585. The van der Waals surface area contributed by atoms with Crippen molar-refractivity contribution in [3.8, 4) is 0 Å². The largest absolute Gasteiger partial charge is 0.0683 e. The molecule has 108 valence electrons. The van der Waals surface area contributed by atoms with Crippen LogP contribution in [0.15, 0.2) is 59.7 Å². The molecule has 0 aliphatic heterocycles. The molecule has 0 aliphatic rings. The van der Waals surface area contributed by atoms with Crippen LogP contribution >= 0.6 is 0 Å². The second-order valence-electron chi connectivity index (χ2n) is 5.98. The topological polar surface area (TPSA) is 0 Å². The summed E-state index contributed by atoms with van der Waals surface area (Å²) in [6.45, 7) is 10.8. The van der Waals surface area contributed by atoms with Gasteiger partial charge in [-0.1, -0.05) is 71.3 Å². The van der Waals surface area contributed by atoms with E-state index in [-0.39, 0.29) is 0 Å². The lowest BCUT2D eigenvalue weighted by Crippen LogP contribution is -1.90. The Balaban J connectivity index is 2.41. The van der Waals surface area contributed by atoms with Gasteiger partial charge in [0.25, 0.3) is 0 Å². The Morgan fingerprint density at radius 3 is 1.67 bits per heavy atom. The van der Waals surface area contributed by atoms with Crippen LogP contribution in [0.25, 0.3) is 11.6 Å². The van der Waals surface area contributed by atoms with E-state index in [0.29, 0.717) is 0 Å². The smallest absolute Gasteiger partial charge is 0.0168 e. The molecule has 0 N–H and O–H groups in total. The van der Waals surface area contributed by atoms with E-state index in [9.17, 15) is 0 Å². The average Bonchev–Trinajstić information content (AvgIpc) is 2.43. The number of allylic oxidation sites excluding steroid dienone is 3. The first kappa shape index (κ1) is 15.3. The van der Waals surface area contributed by atoms with E-state index < -0.39 is 0 Å². The van der Waals surface area contributed by atoms with Crippen LogP contribution in [0.4, 0.5) is 0 Å². The molecule has 0 heterocycles. The molecule has 0 aliphatic carbocycles. The summed E-state index contributed by atoms with van der Waals surface area (Å²) in [7, 11) is 0. The predicted molar refractivity (Wildman–Crippen MR) is 94.3 cm³/mol. The van der Waals surface area contributed by atoms with Gasteiger partial charge >= 0.3 is 0 Å². The summed E-state index contributed by atoms with van der Waals surface area (Å²) in [5.41, 5.74) is 9.14. The molecule has 0 unspecified atom stereocenters. The summed E-state index contributed by atoms with van der Waals surface area (Å²) >= 11 is 0. The minimum atomic E-state index is 1.25.